The van der Waals surface area contributed by atoms with Crippen LogP contribution in [0.4, 0.5) is 5.69 Å². The van der Waals surface area contributed by atoms with Crippen molar-refractivity contribution >= 4 is 27.5 Å². The number of benzene rings is 1. The van der Waals surface area contributed by atoms with E-state index in [1.54, 1.807) is 18.3 Å². The summed E-state index contributed by atoms with van der Waals surface area (Å²) >= 11 is 3.36. The van der Waals surface area contributed by atoms with Crippen molar-refractivity contribution in [2.24, 2.45) is 0 Å². The Morgan fingerprint density at radius 1 is 1.38 bits per heavy atom. The zero-order valence-electron chi connectivity index (χ0n) is 11.5. The van der Waals surface area contributed by atoms with Gasteiger partial charge in [-0.05, 0) is 31.0 Å². The van der Waals surface area contributed by atoms with Crippen LogP contribution >= 0.6 is 15.9 Å². The average Bonchev–Trinajstić information content (AvgIpc) is 2.97. The number of halogens is 1. The third-order valence-electron chi connectivity index (χ3n) is 3.51. The first-order chi connectivity index (χ1) is 10.2. The zero-order chi connectivity index (χ0) is 14.7. The summed E-state index contributed by atoms with van der Waals surface area (Å²) in [5.41, 5.74) is 1.33. The van der Waals surface area contributed by atoms with Crippen LogP contribution in [0.25, 0.3) is 0 Å². The van der Waals surface area contributed by atoms with Gasteiger partial charge in [0.1, 0.15) is 0 Å². The number of aromatic nitrogens is 2. The van der Waals surface area contributed by atoms with E-state index in [0.717, 1.165) is 30.5 Å². The van der Waals surface area contributed by atoms with Crippen LogP contribution in [0.15, 0.2) is 41.1 Å². The summed E-state index contributed by atoms with van der Waals surface area (Å²) in [7, 11) is 0. The molecule has 1 saturated heterocycles. The second-order valence-electron chi connectivity index (χ2n) is 5.02. The summed E-state index contributed by atoms with van der Waals surface area (Å²) in [6.45, 7) is 1.54. The molecule has 1 aliphatic heterocycles. The second kappa shape index (κ2) is 6.41. The van der Waals surface area contributed by atoms with E-state index in [1.165, 1.54) is 0 Å². The fourth-order valence-corrected chi connectivity index (χ4v) is 2.78. The Bertz CT molecular complexity index is 635. The number of carbonyl (C=O) groups excluding carboxylic acids is 1. The van der Waals surface area contributed by atoms with Gasteiger partial charge in [0.05, 0.1) is 17.9 Å². The van der Waals surface area contributed by atoms with Gasteiger partial charge >= 0.3 is 0 Å². The summed E-state index contributed by atoms with van der Waals surface area (Å²) in [6, 6.07) is 7.65. The minimum absolute atomic E-state index is 0.136. The average molecular weight is 350 g/mol. The molecule has 2 heterocycles. The normalized spacial score (nSPS) is 15.9. The molecule has 3 rings (SSSR count). The fraction of sp³-hybridized carbons (Fsp3) is 0.333. The van der Waals surface area contributed by atoms with Crippen molar-refractivity contribution in [2.45, 2.75) is 18.9 Å². The Labute approximate surface area is 131 Å². The van der Waals surface area contributed by atoms with Crippen molar-refractivity contribution in [1.29, 1.82) is 0 Å². The largest absolute Gasteiger partial charge is 0.381 e. The highest BCUT2D eigenvalue weighted by Gasteiger charge is 2.17. The summed E-state index contributed by atoms with van der Waals surface area (Å²) in [6.07, 6.45) is 5.48. The van der Waals surface area contributed by atoms with Gasteiger partial charge in [-0.15, -0.1) is 0 Å². The zero-order valence-corrected chi connectivity index (χ0v) is 13.0. The van der Waals surface area contributed by atoms with Crippen molar-refractivity contribution in [3.05, 3.63) is 46.7 Å². The number of rotatable bonds is 3. The standard InChI is InChI=1S/C15H16BrN3O2/c16-12-3-1-2-11(8-12)15(20)18-13-9-17-19(10-13)14-4-6-21-7-5-14/h1-3,8-10,14H,4-7H2,(H,18,20). The van der Waals surface area contributed by atoms with E-state index < -0.39 is 0 Å². The summed E-state index contributed by atoms with van der Waals surface area (Å²) in [5.74, 6) is -0.136. The maximum atomic E-state index is 12.2. The Hall–Kier alpha value is -1.66. The number of anilines is 1. The van der Waals surface area contributed by atoms with E-state index in [9.17, 15) is 4.79 Å². The molecule has 0 radical (unpaired) electrons. The molecule has 21 heavy (non-hydrogen) atoms. The van der Waals surface area contributed by atoms with Crippen LogP contribution in [0.3, 0.4) is 0 Å². The van der Waals surface area contributed by atoms with Gasteiger partial charge in [-0.25, -0.2) is 0 Å². The monoisotopic (exact) mass is 349 g/mol. The minimum Gasteiger partial charge on any atom is -0.381 e. The summed E-state index contributed by atoms with van der Waals surface area (Å²) < 4.78 is 8.14. The minimum atomic E-state index is -0.136. The molecule has 1 aliphatic rings. The molecule has 2 aromatic rings. The van der Waals surface area contributed by atoms with Gasteiger partial charge < -0.3 is 10.1 Å². The quantitative estimate of drug-likeness (QED) is 0.925. The van der Waals surface area contributed by atoms with Crippen molar-refractivity contribution in [3.63, 3.8) is 0 Å². The molecule has 0 atom stereocenters. The molecule has 110 valence electrons. The van der Waals surface area contributed by atoms with Crippen LogP contribution in [0.5, 0.6) is 0 Å². The van der Waals surface area contributed by atoms with Gasteiger partial charge in [-0.2, -0.15) is 5.10 Å². The molecular formula is C15H16BrN3O2. The molecule has 0 bridgehead atoms. The number of hydrogen-bond donors (Lipinski definition) is 1. The highest BCUT2D eigenvalue weighted by Crippen LogP contribution is 2.21. The fourth-order valence-electron chi connectivity index (χ4n) is 2.38. The van der Waals surface area contributed by atoms with Crippen LogP contribution in [0, 0.1) is 0 Å². The lowest BCUT2D eigenvalue weighted by molar-refractivity contribution is 0.0662. The molecule has 1 aromatic carbocycles. The lowest BCUT2D eigenvalue weighted by atomic mass is 10.1. The third kappa shape index (κ3) is 3.51. The first-order valence-corrected chi connectivity index (χ1v) is 7.70. The predicted octanol–water partition coefficient (Wildman–Crippen LogP) is 3.25. The molecule has 0 unspecified atom stereocenters. The van der Waals surface area contributed by atoms with Crippen molar-refractivity contribution in [3.8, 4) is 0 Å². The van der Waals surface area contributed by atoms with E-state index >= 15 is 0 Å². The Morgan fingerprint density at radius 2 is 2.19 bits per heavy atom. The lowest BCUT2D eigenvalue weighted by Crippen LogP contribution is -2.19. The van der Waals surface area contributed by atoms with Gasteiger partial charge in [-0.1, -0.05) is 22.0 Å². The molecule has 1 N–H and O–H groups in total. The van der Waals surface area contributed by atoms with E-state index in [0.29, 0.717) is 17.3 Å². The highest BCUT2D eigenvalue weighted by atomic mass is 79.9. The number of nitrogens with zero attached hydrogens (tertiary/aromatic N) is 2. The van der Waals surface area contributed by atoms with Gasteiger partial charge in [0.2, 0.25) is 0 Å². The Kier molecular flexibility index (Phi) is 4.36. The number of amides is 1. The first kappa shape index (κ1) is 14.3. The molecule has 1 aromatic heterocycles. The summed E-state index contributed by atoms with van der Waals surface area (Å²) in [4.78, 5) is 12.2. The van der Waals surface area contributed by atoms with Crippen LogP contribution < -0.4 is 5.32 Å². The number of hydrogen-bond acceptors (Lipinski definition) is 3. The van der Waals surface area contributed by atoms with Crippen LogP contribution in [-0.4, -0.2) is 28.9 Å². The topological polar surface area (TPSA) is 56.2 Å². The maximum absolute atomic E-state index is 12.2. The number of nitrogens with one attached hydrogen (secondary N) is 1. The number of ether oxygens (including phenoxy) is 1. The van der Waals surface area contributed by atoms with Crippen molar-refractivity contribution in [2.75, 3.05) is 18.5 Å². The second-order valence-corrected chi connectivity index (χ2v) is 5.93. The van der Waals surface area contributed by atoms with Crippen LogP contribution in [-0.2, 0) is 4.74 Å². The van der Waals surface area contributed by atoms with Crippen molar-refractivity contribution < 1.29 is 9.53 Å². The third-order valence-corrected chi connectivity index (χ3v) is 4.00. The van der Waals surface area contributed by atoms with Gasteiger partial charge in [0.25, 0.3) is 5.91 Å². The lowest BCUT2D eigenvalue weighted by Gasteiger charge is -2.22. The Morgan fingerprint density at radius 3 is 2.95 bits per heavy atom. The number of carbonyl (C=O) groups is 1. The van der Waals surface area contributed by atoms with Crippen LogP contribution in [0.2, 0.25) is 0 Å². The van der Waals surface area contributed by atoms with Gasteiger partial charge in [-0.3, -0.25) is 9.48 Å². The van der Waals surface area contributed by atoms with Crippen LogP contribution in [0.1, 0.15) is 29.2 Å². The maximum Gasteiger partial charge on any atom is 0.255 e. The van der Waals surface area contributed by atoms with E-state index in [4.69, 9.17) is 4.74 Å². The molecule has 1 fully saturated rings. The first-order valence-electron chi connectivity index (χ1n) is 6.91. The SMILES string of the molecule is O=C(Nc1cnn(C2CCOCC2)c1)c1cccc(Br)c1. The highest BCUT2D eigenvalue weighted by molar-refractivity contribution is 9.10. The predicted molar refractivity (Wildman–Crippen MR) is 83.4 cm³/mol. The molecule has 0 saturated carbocycles. The van der Waals surface area contributed by atoms with Crippen molar-refractivity contribution in [1.82, 2.24) is 9.78 Å². The molecule has 6 heteroatoms. The summed E-state index contributed by atoms with van der Waals surface area (Å²) in [5, 5.41) is 7.21. The molecule has 0 aliphatic carbocycles. The Balaban J connectivity index is 1.68. The molecule has 5 nitrogen and oxygen atoms in total. The van der Waals surface area contributed by atoms with E-state index in [1.807, 2.05) is 23.0 Å². The molecule has 1 amide bonds. The molecule has 0 spiro atoms. The van der Waals surface area contributed by atoms with Gasteiger partial charge in [0.15, 0.2) is 0 Å². The van der Waals surface area contributed by atoms with E-state index in [2.05, 4.69) is 26.3 Å². The molecular weight excluding hydrogens is 334 g/mol. The smallest absolute Gasteiger partial charge is 0.255 e. The van der Waals surface area contributed by atoms with E-state index in [-0.39, 0.29) is 5.91 Å². The van der Waals surface area contributed by atoms with Gasteiger partial charge in [0, 0.05) is 29.4 Å².